The van der Waals surface area contributed by atoms with Gasteiger partial charge in [-0.3, -0.25) is 9.78 Å². The molecule has 0 radical (unpaired) electrons. The van der Waals surface area contributed by atoms with Crippen LogP contribution in [0.2, 0.25) is 0 Å². The Kier molecular flexibility index (Phi) is 3.53. The van der Waals surface area contributed by atoms with Gasteiger partial charge in [-0.2, -0.15) is 0 Å². The molecule has 0 aliphatic carbocycles. The van der Waals surface area contributed by atoms with Crippen molar-refractivity contribution in [3.8, 4) is 0 Å². The predicted molar refractivity (Wildman–Crippen MR) is 80.5 cm³/mol. The number of carboxylic acid groups (broad SMARTS) is 1. The molecule has 1 amide bonds. The Balaban J connectivity index is 1.99. The van der Waals surface area contributed by atoms with E-state index in [0.29, 0.717) is 5.69 Å². The van der Waals surface area contributed by atoms with Crippen molar-refractivity contribution < 1.29 is 14.7 Å². The van der Waals surface area contributed by atoms with Crippen molar-refractivity contribution >= 4 is 28.5 Å². The number of carbonyl (C=O) groups excluding carboxylic acids is 2. The molecule has 5 nitrogen and oxygen atoms in total. The summed E-state index contributed by atoms with van der Waals surface area (Å²) in [5, 5.41) is 14.6. The van der Waals surface area contributed by atoms with Gasteiger partial charge in [-0.05, 0) is 30.3 Å². The molecule has 0 aliphatic heterocycles. The van der Waals surface area contributed by atoms with Crippen LogP contribution in [0.25, 0.3) is 10.9 Å². The number of benzene rings is 2. The number of aromatic nitrogens is 1. The number of anilines is 1. The summed E-state index contributed by atoms with van der Waals surface area (Å²) in [5.41, 5.74) is 1.24. The second-order valence-corrected chi connectivity index (χ2v) is 4.66. The summed E-state index contributed by atoms with van der Waals surface area (Å²) in [6.07, 6.45) is 1.67. The molecule has 108 valence electrons. The maximum Gasteiger partial charge on any atom is 0.256 e. The van der Waals surface area contributed by atoms with Gasteiger partial charge < -0.3 is 15.2 Å². The number of carboxylic acids is 1. The molecule has 0 atom stereocenters. The van der Waals surface area contributed by atoms with E-state index in [0.717, 1.165) is 10.9 Å². The van der Waals surface area contributed by atoms with Gasteiger partial charge in [-0.15, -0.1) is 0 Å². The Hall–Kier alpha value is -3.21. The Morgan fingerprint density at radius 2 is 1.68 bits per heavy atom. The first kappa shape index (κ1) is 13.8. The Labute approximate surface area is 126 Å². The predicted octanol–water partition coefficient (Wildman–Crippen LogP) is 1.85. The Morgan fingerprint density at radius 3 is 2.45 bits per heavy atom. The normalized spacial score (nSPS) is 10.4. The lowest BCUT2D eigenvalue weighted by Gasteiger charge is -2.12. The van der Waals surface area contributed by atoms with E-state index in [1.165, 1.54) is 12.1 Å². The number of nitrogens with one attached hydrogen (secondary N) is 1. The molecule has 0 unspecified atom stereocenters. The summed E-state index contributed by atoms with van der Waals surface area (Å²) >= 11 is 0. The third kappa shape index (κ3) is 2.52. The minimum absolute atomic E-state index is 0.0587. The second kappa shape index (κ2) is 5.65. The van der Waals surface area contributed by atoms with Crippen molar-refractivity contribution in [3.05, 3.63) is 71.9 Å². The molecule has 3 aromatic rings. The van der Waals surface area contributed by atoms with Crippen molar-refractivity contribution in [2.75, 3.05) is 5.32 Å². The highest BCUT2D eigenvalue weighted by molar-refractivity contribution is 6.12. The zero-order valence-corrected chi connectivity index (χ0v) is 11.4. The summed E-state index contributed by atoms with van der Waals surface area (Å²) in [7, 11) is 0. The van der Waals surface area contributed by atoms with Crippen LogP contribution < -0.4 is 10.4 Å². The molecule has 1 aromatic heterocycles. The molecule has 0 bridgehead atoms. The molecule has 1 heterocycles. The SMILES string of the molecule is O=C([O-])c1ccccc1C(=O)Nc1cccc2ncccc12. The maximum atomic E-state index is 12.4. The monoisotopic (exact) mass is 291 g/mol. The molecule has 0 aliphatic rings. The van der Waals surface area contributed by atoms with Crippen LogP contribution in [0.15, 0.2) is 60.8 Å². The molecule has 1 N–H and O–H groups in total. The van der Waals surface area contributed by atoms with E-state index in [2.05, 4.69) is 10.3 Å². The molecule has 3 rings (SSSR count). The van der Waals surface area contributed by atoms with Crippen LogP contribution >= 0.6 is 0 Å². The molecular weight excluding hydrogens is 280 g/mol. The molecule has 22 heavy (non-hydrogen) atoms. The standard InChI is InChI=1S/C17H12N2O3/c20-16(11-5-1-2-6-12(11)17(21)22)19-15-9-3-8-14-13(15)7-4-10-18-14/h1-10H,(H,19,20)(H,21,22)/p-1. The number of rotatable bonds is 3. The average molecular weight is 291 g/mol. The molecule has 0 saturated carbocycles. The van der Waals surface area contributed by atoms with Crippen LogP contribution in [0, 0.1) is 0 Å². The number of hydrogen-bond acceptors (Lipinski definition) is 4. The van der Waals surface area contributed by atoms with E-state index >= 15 is 0 Å². The fourth-order valence-corrected chi connectivity index (χ4v) is 2.26. The van der Waals surface area contributed by atoms with Crippen molar-refractivity contribution in [3.63, 3.8) is 0 Å². The number of nitrogens with zero attached hydrogens (tertiary/aromatic N) is 1. The third-order valence-electron chi connectivity index (χ3n) is 3.29. The Morgan fingerprint density at radius 1 is 0.909 bits per heavy atom. The second-order valence-electron chi connectivity index (χ2n) is 4.66. The highest BCUT2D eigenvalue weighted by Crippen LogP contribution is 2.22. The summed E-state index contributed by atoms with van der Waals surface area (Å²) in [5.74, 6) is -1.89. The molecule has 5 heteroatoms. The zero-order chi connectivity index (χ0) is 15.5. The van der Waals surface area contributed by atoms with Crippen molar-refractivity contribution in [2.24, 2.45) is 0 Å². The van der Waals surface area contributed by atoms with E-state index in [1.807, 2.05) is 12.1 Å². The molecule has 2 aromatic carbocycles. The van der Waals surface area contributed by atoms with E-state index in [-0.39, 0.29) is 11.1 Å². The number of hydrogen-bond donors (Lipinski definition) is 1. The van der Waals surface area contributed by atoms with E-state index in [1.54, 1.807) is 36.5 Å². The third-order valence-corrected chi connectivity index (χ3v) is 3.29. The summed E-state index contributed by atoms with van der Waals surface area (Å²) in [6.45, 7) is 0. The fourth-order valence-electron chi connectivity index (χ4n) is 2.26. The van der Waals surface area contributed by atoms with Gasteiger partial charge in [0.2, 0.25) is 0 Å². The van der Waals surface area contributed by atoms with E-state index < -0.39 is 11.9 Å². The maximum absolute atomic E-state index is 12.4. The van der Waals surface area contributed by atoms with Gasteiger partial charge in [0, 0.05) is 22.7 Å². The van der Waals surface area contributed by atoms with Crippen molar-refractivity contribution in [1.82, 2.24) is 4.98 Å². The van der Waals surface area contributed by atoms with Gasteiger partial charge in [-0.25, -0.2) is 0 Å². The van der Waals surface area contributed by atoms with Crippen LogP contribution in [0.4, 0.5) is 5.69 Å². The highest BCUT2D eigenvalue weighted by Gasteiger charge is 2.13. The van der Waals surface area contributed by atoms with Gasteiger partial charge in [0.1, 0.15) is 0 Å². The van der Waals surface area contributed by atoms with Gasteiger partial charge >= 0.3 is 0 Å². The molecule has 0 spiro atoms. The largest absolute Gasteiger partial charge is 0.545 e. The van der Waals surface area contributed by atoms with Crippen LogP contribution in [0.5, 0.6) is 0 Å². The highest BCUT2D eigenvalue weighted by atomic mass is 16.4. The zero-order valence-electron chi connectivity index (χ0n) is 11.4. The van der Waals surface area contributed by atoms with Crippen LogP contribution in [-0.4, -0.2) is 16.9 Å². The smallest absolute Gasteiger partial charge is 0.256 e. The lowest BCUT2D eigenvalue weighted by molar-refractivity contribution is -0.255. The number of pyridine rings is 1. The summed E-state index contributed by atoms with van der Waals surface area (Å²) in [6, 6.07) is 14.9. The summed E-state index contributed by atoms with van der Waals surface area (Å²) < 4.78 is 0. The average Bonchev–Trinajstić information content (AvgIpc) is 2.55. The lowest BCUT2D eigenvalue weighted by Crippen LogP contribution is -2.26. The van der Waals surface area contributed by atoms with Crippen LogP contribution in [0.3, 0.4) is 0 Å². The number of fused-ring (bicyclic) bond motifs is 1. The minimum Gasteiger partial charge on any atom is -0.545 e. The molecule has 0 fully saturated rings. The summed E-state index contributed by atoms with van der Waals surface area (Å²) in [4.78, 5) is 27.7. The topological polar surface area (TPSA) is 82.1 Å². The minimum atomic E-state index is -1.38. The first-order valence-corrected chi connectivity index (χ1v) is 6.62. The van der Waals surface area contributed by atoms with Gasteiger partial charge in [0.25, 0.3) is 5.91 Å². The van der Waals surface area contributed by atoms with E-state index in [9.17, 15) is 14.7 Å². The van der Waals surface area contributed by atoms with E-state index in [4.69, 9.17) is 0 Å². The first-order chi connectivity index (χ1) is 10.7. The van der Waals surface area contributed by atoms with Crippen LogP contribution in [-0.2, 0) is 0 Å². The Bertz CT molecular complexity index is 869. The molecule has 0 saturated heterocycles. The number of carbonyl (C=O) groups is 2. The first-order valence-electron chi connectivity index (χ1n) is 6.62. The number of amides is 1. The quantitative estimate of drug-likeness (QED) is 0.798. The van der Waals surface area contributed by atoms with Gasteiger partial charge in [0.15, 0.2) is 0 Å². The van der Waals surface area contributed by atoms with Gasteiger partial charge in [-0.1, -0.05) is 24.3 Å². The number of aromatic carboxylic acids is 1. The van der Waals surface area contributed by atoms with Gasteiger partial charge in [0.05, 0.1) is 17.2 Å². The van der Waals surface area contributed by atoms with Crippen LogP contribution in [0.1, 0.15) is 20.7 Å². The fraction of sp³-hybridized carbons (Fsp3) is 0. The van der Waals surface area contributed by atoms with Crippen molar-refractivity contribution in [2.45, 2.75) is 0 Å². The lowest BCUT2D eigenvalue weighted by atomic mass is 10.1. The molecular formula is C17H11N2O3-. The van der Waals surface area contributed by atoms with Crippen molar-refractivity contribution in [1.29, 1.82) is 0 Å².